The van der Waals surface area contributed by atoms with E-state index >= 15 is 0 Å². The minimum atomic E-state index is 0.673. The summed E-state index contributed by atoms with van der Waals surface area (Å²) in [4.78, 5) is 4.34. The molecule has 2 aromatic rings. The number of halogens is 2. The van der Waals surface area contributed by atoms with Gasteiger partial charge >= 0.3 is 0 Å². The van der Waals surface area contributed by atoms with E-state index in [0.717, 1.165) is 28.2 Å². The van der Waals surface area contributed by atoms with Crippen molar-refractivity contribution in [2.75, 3.05) is 0 Å². The van der Waals surface area contributed by atoms with Crippen molar-refractivity contribution in [2.24, 2.45) is 0 Å². The summed E-state index contributed by atoms with van der Waals surface area (Å²) in [7, 11) is 0. The average molecular weight is 354 g/mol. The fourth-order valence-corrected chi connectivity index (χ4v) is 2.60. The van der Waals surface area contributed by atoms with Crippen LogP contribution in [0.5, 0.6) is 11.5 Å². The van der Waals surface area contributed by atoms with Crippen molar-refractivity contribution >= 4 is 27.5 Å². The number of pyridine rings is 1. The molecule has 1 saturated carbocycles. The van der Waals surface area contributed by atoms with E-state index in [0.29, 0.717) is 11.1 Å². The first-order valence-corrected chi connectivity index (χ1v) is 7.69. The summed E-state index contributed by atoms with van der Waals surface area (Å²) in [6, 6.07) is 9.94. The molecular weight excluding hydrogens is 340 g/mol. The van der Waals surface area contributed by atoms with Crippen LogP contribution in [-0.2, 0) is 6.54 Å². The highest BCUT2D eigenvalue weighted by Gasteiger charge is 2.20. The van der Waals surface area contributed by atoms with Crippen molar-refractivity contribution < 1.29 is 4.74 Å². The van der Waals surface area contributed by atoms with Gasteiger partial charge in [0, 0.05) is 29.9 Å². The summed E-state index contributed by atoms with van der Waals surface area (Å²) in [6.45, 7) is 0.781. The Morgan fingerprint density at radius 3 is 2.90 bits per heavy atom. The van der Waals surface area contributed by atoms with Crippen LogP contribution in [0.15, 0.2) is 41.0 Å². The first kappa shape index (κ1) is 13.9. The molecule has 1 heterocycles. The Bertz CT molecular complexity index is 617. The summed E-state index contributed by atoms with van der Waals surface area (Å²) in [6.07, 6.45) is 4.31. The molecule has 1 aromatic heterocycles. The minimum absolute atomic E-state index is 0.673. The predicted molar refractivity (Wildman–Crippen MR) is 83.3 cm³/mol. The van der Waals surface area contributed by atoms with E-state index in [4.69, 9.17) is 16.3 Å². The largest absolute Gasteiger partial charge is 0.456 e. The van der Waals surface area contributed by atoms with Crippen LogP contribution in [-0.4, -0.2) is 11.0 Å². The molecule has 1 N–H and O–H groups in total. The van der Waals surface area contributed by atoms with E-state index in [9.17, 15) is 0 Å². The number of aromatic nitrogens is 1. The van der Waals surface area contributed by atoms with Crippen LogP contribution in [0.4, 0.5) is 0 Å². The van der Waals surface area contributed by atoms with Crippen LogP contribution in [0.3, 0.4) is 0 Å². The van der Waals surface area contributed by atoms with Crippen LogP contribution < -0.4 is 10.1 Å². The molecular formula is C15H14BrClN2O. The number of benzene rings is 1. The zero-order chi connectivity index (χ0) is 13.9. The molecule has 5 heteroatoms. The van der Waals surface area contributed by atoms with E-state index < -0.39 is 0 Å². The van der Waals surface area contributed by atoms with E-state index in [1.165, 1.54) is 12.8 Å². The SMILES string of the molecule is Clc1ccc(Oc2ccnc(CNC3CC3)c2)c(Br)c1. The molecule has 0 aliphatic heterocycles. The molecule has 0 amide bonds. The Hall–Kier alpha value is -1.10. The van der Waals surface area contributed by atoms with Gasteiger partial charge in [-0.3, -0.25) is 4.98 Å². The predicted octanol–water partition coefficient (Wildman–Crippen LogP) is 4.54. The molecule has 0 unspecified atom stereocenters. The minimum Gasteiger partial charge on any atom is -0.456 e. The van der Waals surface area contributed by atoms with Crippen molar-refractivity contribution in [1.29, 1.82) is 0 Å². The van der Waals surface area contributed by atoms with Gasteiger partial charge in [-0.05, 0) is 53.0 Å². The Kier molecular flexibility index (Phi) is 4.24. The fourth-order valence-electron chi connectivity index (χ4n) is 1.84. The lowest BCUT2D eigenvalue weighted by atomic mass is 10.3. The van der Waals surface area contributed by atoms with Gasteiger partial charge in [-0.25, -0.2) is 0 Å². The number of nitrogens with zero attached hydrogens (tertiary/aromatic N) is 1. The second-order valence-electron chi connectivity index (χ2n) is 4.81. The van der Waals surface area contributed by atoms with Gasteiger partial charge in [0.15, 0.2) is 0 Å². The van der Waals surface area contributed by atoms with E-state index in [1.807, 2.05) is 24.3 Å². The average Bonchev–Trinajstić information content (AvgIpc) is 3.24. The molecule has 3 rings (SSSR count). The molecule has 1 aliphatic carbocycles. The van der Waals surface area contributed by atoms with Gasteiger partial charge in [0.05, 0.1) is 10.2 Å². The van der Waals surface area contributed by atoms with Crippen LogP contribution >= 0.6 is 27.5 Å². The highest BCUT2D eigenvalue weighted by atomic mass is 79.9. The first-order chi connectivity index (χ1) is 9.70. The van der Waals surface area contributed by atoms with Crippen molar-refractivity contribution in [3.63, 3.8) is 0 Å². The Morgan fingerprint density at radius 1 is 1.30 bits per heavy atom. The molecule has 3 nitrogen and oxygen atoms in total. The monoisotopic (exact) mass is 352 g/mol. The summed E-state index contributed by atoms with van der Waals surface area (Å²) >= 11 is 9.36. The maximum Gasteiger partial charge on any atom is 0.141 e. The Labute approximate surface area is 131 Å². The number of hydrogen-bond acceptors (Lipinski definition) is 3. The third-order valence-corrected chi connectivity index (χ3v) is 3.91. The maximum atomic E-state index is 5.92. The van der Waals surface area contributed by atoms with E-state index in [1.54, 1.807) is 12.3 Å². The molecule has 0 saturated heterocycles. The summed E-state index contributed by atoms with van der Waals surface area (Å²) < 4.78 is 6.69. The van der Waals surface area contributed by atoms with Gasteiger partial charge in [-0.1, -0.05) is 11.6 Å². The highest BCUT2D eigenvalue weighted by molar-refractivity contribution is 9.10. The van der Waals surface area contributed by atoms with Gasteiger partial charge in [0.25, 0.3) is 0 Å². The molecule has 20 heavy (non-hydrogen) atoms. The van der Waals surface area contributed by atoms with Crippen molar-refractivity contribution in [3.8, 4) is 11.5 Å². The molecule has 1 aliphatic rings. The van der Waals surface area contributed by atoms with Gasteiger partial charge in [-0.2, -0.15) is 0 Å². The topological polar surface area (TPSA) is 34.1 Å². The quantitative estimate of drug-likeness (QED) is 0.857. The summed E-state index contributed by atoms with van der Waals surface area (Å²) in [5.41, 5.74) is 0.986. The molecule has 1 fully saturated rings. The molecule has 1 aromatic carbocycles. The molecule has 0 atom stereocenters. The molecule has 0 bridgehead atoms. The van der Waals surface area contributed by atoms with Crippen LogP contribution in [0, 0.1) is 0 Å². The zero-order valence-corrected chi connectivity index (χ0v) is 13.1. The fraction of sp³-hybridized carbons (Fsp3) is 0.267. The third-order valence-electron chi connectivity index (χ3n) is 3.06. The Morgan fingerprint density at radius 2 is 2.15 bits per heavy atom. The van der Waals surface area contributed by atoms with Crippen LogP contribution in [0.25, 0.3) is 0 Å². The third kappa shape index (κ3) is 3.72. The standard InChI is InChI=1S/C15H14BrClN2O/c16-14-7-10(17)1-4-15(14)20-13-5-6-18-12(8-13)9-19-11-2-3-11/h1,4-8,11,19H,2-3,9H2. The lowest BCUT2D eigenvalue weighted by Gasteiger charge is -2.09. The van der Waals surface area contributed by atoms with Crippen molar-refractivity contribution in [3.05, 3.63) is 51.7 Å². The van der Waals surface area contributed by atoms with Crippen LogP contribution in [0.1, 0.15) is 18.5 Å². The van der Waals surface area contributed by atoms with E-state index in [-0.39, 0.29) is 0 Å². The number of ether oxygens (including phenoxy) is 1. The summed E-state index contributed by atoms with van der Waals surface area (Å²) in [5.74, 6) is 1.51. The normalized spacial score (nSPS) is 14.3. The second-order valence-corrected chi connectivity index (χ2v) is 6.11. The lowest BCUT2D eigenvalue weighted by molar-refractivity contribution is 0.477. The Balaban J connectivity index is 1.70. The van der Waals surface area contributed by atoms with E-state index in [2.05, 4.69) is 26.2 Å². The van der Waals surface area contributed by atoms with Crippen molar-refractivity contribution in [1.82, 2.24) is 10.3 Å². The van der Waals surface area contributed by atoms with Gasteiger partial charge < -0.3 is 10.1 Å². The molecule has 0 radical (unpaired) electrons. The van der Waals surface area contributed by atoms with Gasteiger partial charge in [0.2, 0.25) is 0 Å². The summed E-state index contributed by atoms with van der Waals surface area (Å²) in [5, 5.41) is 4.11. The van der Waals surface area contributed by atoms with Gasteiger partial charge in [0.1, 0.15) is 11.5 Å². The molecule has 104 valence electrons. The first-order valence-electron chi connectivity index (χ1n) is 6.52. The zero-order valence-electron chi connectivity index (χ0n) is 10.8. The number of rotatable bonds is 5. The maximum absolute atomic E-state index is 5.92. The number of hydrogen-bond donors (Lipinski definition) is 1. The van der Waals surface area contributed by atoms with Crippen LogP contribution in [0.2, 0.25) is 5.02 Å². The molecule has 0 spiro atoms. The lowest BCUT2D eigenvalue weighted by Crippen LogP contribution is -2.16. The highest BCUT2D eigenvalue weighted by Crippen LogP contribution is 2.31. The smallest absolute Gasteiger partial charge is 0.141 e. The second kappa shape index (κ2) is 6.12. The van der Waals surface area contributed by atoms with Gasteiger partial charge in [-0.15, -0.1) is 0 Å². The number of nitrogens with one attached hydrogen (secondary N) is 1. The van der Waals surface area contributed by atoms with Crippen molar-refractivity contribution in [2.45, 2.75) is 25.4 Å².